The number of benzene rings is 2. The van der Waals surface area contributed by atoms with Gasteiger partial charge in [-0.15, -0.1) is 0 Å². The smallest absolute Gasteiger partial charge is 0.387 e. The number of halogens is 3. The molecule has 12 heteroatoms. The highest BCUT2D eigenvalue weighted by molar-refractivity contribution is 6.30. The lowest BCUT2D eigenvalue weighted by Gasteiger charge is -2.30. The molecule has 182 valence electrons. The topological polar surface area (TPSA) is 116 Å². The maximum atomic E-state index is 12.6. The summed E-state index contributed by atoms with van der Waals surface area (Å²) in [6.07, 6.45) is 1.06. The maximum Gasteiger partial charge on any atom is 0.387 e. The first-order chi connectivity index (χ1) is 16.4. The molecule has 4 N–H and O–H groups in total. The Labute approximate surface area is 200 Å². The Bertz CT molecular complexity index is 1040. The highest BCUT2D eigenvalue weighted by Gasteiger charge is 2.40. The van der Waals surface area contributed by atoms with E-state index in [1.54, 1.807) is 28.1 Å². The number of aliphatic hydroxyl groups excluding tert-OH is 1. The molecule has 34 heavy (non-hydrogen) atoms. The second-order valence-corrected chi connectivity index (χ2v) is 7.68. The van der Waals surface area contributed by atoms with Crippen molar-refractivity contribution in [2.24, 2.45) is 15.7 Å². The molecule has 1 unspecified atom stereocenters. The van der Waals surface area contributed by atoms with Gasteiger partial charge >= 0.3 is 6.61 Å². The predicted octanol–water partition coefficient (Wildman–Crippen LogP) is 2.69. The molecule has 2 aromatic carbocycles. The van der Waals surface area contributed by atoms with Gasteiger partial charge in [0.1, 0.15) is 12.4 Å². The molecule has 0 saturated carbocycles. The van der Waals surface area contributed by atoms with Crippen molar-refractivity contribution in [1.29, 1.82) is 0 Å². The number of carbonyl (C=O) groups excluding carboxylic acids is 1. The first kappa shape index (κ1) is 25.3. The summed E-state index contributed by atoms with van der Waals surface area (Å²) in [6, 6.07) is 12.2. The van der Waals surface area contributed by atoms with Crippen molar-refractivity contribution in [3.05, 3.63) is 59.1 Å². The number of likely N-dealkylation sites (N-methyl/N-ethyl adjacent to an activating group) is 1. The number of hydrogen-bond acceptors (Lipinski definition) is 5. The van der Waals surface area contributed by atoms with Crippen molar-refractivity contribution < 1.29 is 23.4 Å². The monoisotopic (exact) mass is 494 g/mol. The number of hydrogen-bond donors (Lipinski definition) is 3. The van der Waals surface area contributed by atoms with Crippen LogP contribution in [0.3, 0.4) is 0 Å². The van der Waals surface area contributed by atoms with Crippen LogP contribution in [0.4, 0.5) is 14.5 Å². The predicted molar refractivity (Wildman–Crippen MR) is 125 cm³/mol. The second-order valence-electron chi connectivity index (χ2n) is 7.24. The van der Waals surface area contributed by atoms with Gasteiger partial charge in [-0.25, -0.2) is 15.4 Å². The van der Waals surface area contributed by atoms with E-state index in [1.807, 2.05) is 19.1 Å². The van der Waals surface area contributed by atoms with Crippen molar-refractivity contribution in [2.75, 3.05) is 19.7 Å². The fourth-order valence-electron chi connectivity index (χ4n) is 3.74. The lowest BCUT2D eigenvalue weighted by molar-refractivity contribution is -0.136. The maximum absolute atomic E-state index is 12.6. The van der Waals surface area contributed by atoms with Crippen LogP contribution < -0.4 is 15.9 Å². The van der Waals surface area contributed by atoms with Crippen LogP contribution in [0, 0.1) is 0 Å². The lowest BCUT2D eigenvalue weighted by Crippen LogP contribution is -2.45. The van der Waals surface area contributed by atoms with Crippen molar-refractivity contribution in [1.82, 2.24) is 15.3 Å². The molecule has 0 radical (unpaired) electrons. The van der Waals surface area contributed by atoms with E-state index in [9.17, 15) is 18.7 Å². The number of ether oxygens (including phenoxy) is 1. The molecule has 2 aromatic rings. The Morgan fingerprint density at radius 1 is 1.38 bits per heavy atom. The molecule has 1 aliphatic rings. The number of nitrogens with two attached hydrogens (primary N) is 1. The minimum Gasteiger partial charge on any atom is -0.435 e. The van der Waals surface area contributed by atoms with Gasteiger partial charge in [0, 0.05) is 17.6 Å². The molecule has 9 nitrogen and oxygen atoms in total. The van der Waals surface area contributed by atoms with Crippen LogP contribution in [0.2, 0.25) is 5.02 Å². The summed E-state index contributed by atoms with van der Waals surface area (Å²) in [4.78, 5) is 22.5. The third-order valence-electron chi connectivity index (χ3n) is 5.18. The third-order valence-corrected chi connectivity index (χ3v) is 5.43. The summed E-state index contributed by atoms with van der Waals surface area (Å²) in [5, 5.41) is 11.6. The van der Waals surface area contributed by atoms with Gasteiger partial charge in [-0.3, -0.25) is 9.80 Å². The molecule has 0 aliphatic carbocycles. The Balaban J connectivity index is 1.97. The van der Waals surface area contributed by atoms with Gasteiger partial charge in [-0.05, 0) is 36.8 Å². The molecule has 0 bridgehead atoms. The summed E-state index contributed by atoms with van der Waals surface area (Å²) in [7, 11) is 0. The summed E-state index contributed by atoms with van der Waals surface area (Å²) < 4.78 is 29.6. The molecule has 1 aliphatic heterocycles. The molecule has 1 saturated heterocycles. The molecular weight excluding hydrogens is 470 g/mol. The summed E-state index contributed by atoms with van der Waals surface area (Å²) in [6.45, 7) is -1.15. The Hall–Kier alpha value is -3.28. The van der Waals surface area contributed by atoms with E-state index in [-0.39, 0.29) is 24.3 Å². The summed E-state index contributed by atoms with van der Waals surface area (Å²) in [5.41, 5.74) is 9.98. The van der Waals surface area contributed by atoms with E-state index >= 15 is 0 Å². The number of alkyl halides is 2. The van der Waals surface area contributed by atoms with Gasteiger partial charge in [0.15, 0.2) is 0 Å². The van der Waals surface area contributed by atoms with Gasteiger partial charge in [0.05, 0.1) is 30.7 Å². The number of carbonyl (C=O) groups is 1. The normalized spacial score (nSPS) is 18.6. The molecule has 1 heterocycles. The Morgan fingerprint density at radius 2 is 2.12 bits per heavy atom. The van der Waals surface area contributed by atoms with Crippen LogP contribution in [-0.4, -0.2) is 65.6 Å². The van der Waals surface area contributed by atoms with Crippen LogP contribution in [0.15, 0.2) is 58.5 Å². The molecule has 3 rings (SSSR count). The highest BCUT2D eigenvalue weighted by Crippen LogP contribution is 2.30. The van der Waals surface area contributed by atoms with E-state index < -0.39 is 25.2 Å². The van der Waals surface area contributed by atoms with Gasteiger partial charge in [-0.1, -0.05) is 29.8 Å². The minimum atomic E-state index is -2.97. The fourth-order valence-corrected chi connectivity index (χ4v) is 3.87. The Morgan fingerprint density at radius 3 is 2.74 bits per heavy atom. The molecule has 1 amide bonds. The van der Waals surface area contributed by atoms with Crippen LogP contribution in [0.5, 0.6) is 5.75 Å². The number of rotatable bonds is 7. The zero-order valence-corrected chi connectivity index (χ0v) is 19.1. The second kappa shape index (κ2) is 11.7. The first-order valence-corrected chi connectivity index (χ1v) is 10.8. The van der Waals surface area contributed by atoms with Crippen LogP contribution in [0.1, 0.15) is 18.5 Å². The largest absolute Gasteiger partial charge is 0.435 e. The fraction of sp³-hybridized carbons (Fsp3) is 0.318. The molecule has 0 spiro atoms. The quantitative estimate of drug-likeness (QED) is 0.402. The molecule has 0 aromatic heterocycles. The van der Waals surface area contributed by atoms with E-state index in [4.69, 9.17) is 17.3 Å². The number of aliphatic hydroxyl groups is 1. The number of nitrogens with one attached hydrogen (secondary N) is 1. The zero-order chi connectivity index (χ0) is 24.7. The van der Waals surface area contributed by atoms with E-state index in [0.29, 0.717) is 17.3 Å². The Kier molecular flexibility index (Phi) is 8.74. The molecule has 2 atom stereocenters. The van der Waals surface area contributed by atoms with Crippen LogP contribution >= 0.6 is 11.6 Å². The van der Waals surface area contributed by atoms with E-state index in [2.05, 4.69) is 20.1 Å². The average Bonchev–Trinajstić information content (AvgIpc) is 3.24. The molecular formula is C22H25ClF2N6O3. The van der Waals surface area contributed by atoms with Gasteiger partial charge < -0.3 is 20.5 Å². The number of guanidine groups is 1. The van der Waals surface area contributed by atoms with Crippen LogP contribution in [0.25, 0.3) is 0 Å². The van der Waals surface area contributed by atoms with Gasteiger partial charge in [0.2, 0.25) is 11.9 Å². The van der Waals surface area contributed by atoms with Crippen molar-refractivity contribution in [2.45, 2.75) is 25.6 Å². The number of hydrazine groups is 1. The van der Waals surface area contributed by atoms with Crippen molar-refractivity contribution in [3.63, 3.8) is 0 Å². The molecule has 1 fully saturated rings. The zero-order valence-electron chi connectivity index (χ0n) is 18.3. The average molecular weight is 495 g/mol. The minimum absolute atomic E-state index is 0.0515. The number of aliphatic imine (C=N–C) groups is 2. The number of nitrogens with zero attached hydrogens (tertiary/aromatic N) is 4. The third kappa shape index (κ3) is 6.19. The summed E-state index contributed by atoms with van der Waals surface area (Å²) in [5.74, 6) is -0.331. The van der Waals surface area contributed by atoms with Crippen LogP contribution in [-0.2, 0) is 4.79 Å². The van der Waals surface area contributed by atoms with Gasteiger partial charge in [-0.2, -0.15) is 8.78 Å². The van der Waals surface area contributed by atoms with Crippen molar-refractivity contribution in [3.8, 4) is 5.75 Å². The number of amides is 1. The van der Waals surface area contributed by atoms with Crippen molar-refractivity contribution >= 4 is 35.5 Å². The van der Waals surface area contributed by atoms with E-state index in [1.165, 1.54) is 18.2 Å². The highest BCUT2D eigenvalue weighted by atomic mass is 35.5. The van der Waals surface area contributed by atoms with Gasteiger partial charge in [0.25, 0.3) is 0 Å². The lowest BCUT2D eigenvalue weighted by atomic mass is 10.00. The standard InChI is InChI=1S/C22H25ClF2N6O3/c1-2-30(19(33)12-32)18-11-31(29-20(18)14-6-8-15(23)9-7-14)22(27-13-26)28-16-4-3-5-17(10-16)34-21(24)25/h3-10,13,18,20-21,29,32H,2,11-12H2,1H3,(H2,26,27,28)/t18-,20?/m0/s1. The summed E-state index contributed by atoms with van der Waals surface area (Å²) >= 11 is 6.03. The van der Waals surface area contributed by atoms with E-state index in [0.717, 1.165) is 11.9 Å². The SMILES string of the molecule is CCN(C(=O)CO)[C@H]1CN(C(N=CN)=Nc2cccc(OC(F)F)c2)NC1c1ccc(Cl)cc1. The first-order valence-electron chi connectivity index (χ1n) is 10.4.